The first-order valence-corrected chi connectivity index (χ1v) is 5.28. The number of carbonyl (C=O) groups excluding carboxylic acids is 1. The van der Waals surface area contributed by atoms with Crippen LogP contribution in [0, 0.1) is 0 Å². The number of ether oxygens (including phenoxy) is 1. The Morgan fingerprint density at radius 2 is 2.00 bits per heavy atom. The molecule has 0 saturated carbocycles. The van der Waals surface area contributed by atoms with E-state index in [0.717, 1.165) is 13.1 Å². The summed E-state index contributed by atoms with van der Waals surface area (Å²) in [6.07, 6.45) is 0.525. The number of hydrogen-bond donors (Lipinski definition) is 2. The molecule has 15 heavy (non-hydrogen) atoms. The molecule has 5 heteroatoms. The summed E-state index contributed by atoms with van der Waals surface area (Å²) in [6, 6.07) is 0. The van der Waals surface area contributed by atoms with E-state index in [1.54, 1.807) is 7.11 Å². The van der Waals surface area contributed by atoms with Gasteiger partial charge in [0, 0.05) is 39.7 Å². The Kier molecular flexibility index (Phi) is 9.46. The van der Waals surface area contributed by atoms with E-state index in [4.69, 9.17) is 4.74 Å². The number of hydrogen-bond acceptors (Lipinski definition) is 4. The van der Waals surface area contributed by atoms with Crippen molar-refractivity contribution in [1.29, 1.82) is 0 Å². The summed E-state index contributed by atoms with van der Waals surface area (Å²) < 4.78 is 4.87. The molecule has 0 unspecified atom stereocenters. The highest BCUT2D eigenvalue weighted by molar-refractivity contribution is 5.76. The normalized spacial score (nSPS) is 10.7. The van der Waals surface area contributed by atoms with Crippen LogP contribution in [0.4, 0.5) is 0 Å². The number of nitrogens with one attached hydrogen (secondary N) is 2. The second-order valence-electron chi connectivity index (χ2n) is 3.65. The molecular formula is C10H23N3O2. The lowest BCUT2D eigenvalue weighted by molar-refractivity contribution is -0.121. The van der Waals surface area contributed by atoms with Crippen molar-refractivity contribution in [2.75, 3.05) is 54.0 Å². The standard InChI is InChI=1S/C10H23N3O2/c1-13(2)8-6-12-10(14)4-5-11-7-9-15-3/h11H,4-9H2,1-3H3,(H,12,14). The Morgan fingerprint density at radius 1 is 1.27 bits per heavy atom. The van der Waals surface area contributed by atoms with Gasteiger partial charge >= 0.3 is 0 Å². The third kappa shape index (κ3) is 11.3. The summed E-state index contributed by atoms with van der Waals surface area (Å²) >= 11 is 0. The van der Waals surface area contributed by atoms with Crippen molar-refractivity contribution in [3.63, 3.8) is 0 Å². The zero-order chi connectivity index (χ0) is 11.5. The van der Waals surface area contributed by atoms with Crippen molar-refractivity contribution in [2.45, 2.75) is 6.42 Å². The average molecular weight is 217 g/mol. The Bertz CT molecular complexity index is 163. The molecule has 0 aliphatic carbocycles. The number of likely N-dealkylation sites (N-methyl/N-ethyl adjacent to an activating group) is 1. The molecule has 0 spiro atoms. The molecule has 0 aromatic rings. The maximum absolute atomic E-state index is 11.3. The van der Waals surface area contributed by atoms with Gasteiger partial charge in [-0.3, -0.25) is 4.79 Å². The highest BCUT2D eigenvalue weighted by atomic mass is 16.5. The quantitative estimate of drug-likeness (QED) is 0.501. The van der Waals surface area contributed by atoms with Crippen LogP contribution in [0.25, 0.3) is 0 Å². The van der Waals surface area contributed by atoms with E-state index in [0.29, 0.717) is 26.1 Å². The molecule has 0 bridgehead atoms. The minimum absolute atomic E-state index is 0.0989. The molecule has 0 radical (unpaired) electrons. The summed E-state index contributed by atoms with van der Waals surface area (Å²) in [5, 5.41) is 5.97. The lowest BCUT2D eigenvalue weighted by Gasteiger charge is -2.10. The topological polar surface area (TPSA) is 53.6 Å². The van der Waals surface area contributed by atoms with E-state index in [-0.39, 0.29) is 5.91 Å². The van der Waals surface area contributed by atoms with Gasteiger partial charge in [0.15, 0.2) is 0 Å². The monoisotopic (exact) mass is 217 g/mol. The van der Waals surface area contributed by atoms with Gasteiger partial charge < -0.3 is 20.3 Å². The van der Waals surface area contributed by atoms with Gasteiger partial charge in [-0.15, -0.1) is 0 Å². The minimum atomic E-state index is 0.0989. The zero-order valence-electron chi connectivity index (χ0n) is 10.0. The van der Waals surface area contributed by atoms with Crippen molar-refractivity contribution in [2.24, 2.45) is 0 Å². The SMILES string of the molecule is COCCNCCC(=O)NCCN(C)C. The van der Waals surface area contributed by atoms with Crippen molar-refractivity contribution in [1.82, 2.24) is 15.5 Å². The summed E-state index contributed by atoms with van der Waals surface area (Å²) in [4.78, 5) is 13.3. The first-order chi connectivity index (χ1) is 7.16. The third-order valence-electron chi connectivity index (χ3n) is 1.89. The molecule has 0 aromatic carbocycles. The predicted molar refractivity (Wildman–Crippen MR) is 60.9 cm³/mol. The van der Waals surface area contributed by atoms with Gasteiger partial charge in [0.05, 0.1) is 6.61 Å². The highest BCUT2D eigenvalue weighted by Gasteiger charge is 1.99. The van der Waals surface area contributed by atoms with E-state index >= 15 is 0 Å². The van der Waals surface area contributed by atoms with E-state index in [2.05, 4.69) is 10.6 Å². The second-order valence-corrected chi connectivity index (χ2v) is 3.65. The number of carbonyl (C=O) groups is 1. The molecule has 90 valence electrons. The molecule has 0 aliphatic heterocycles. The Balaban J connectivity index is 3.19. The van der Waals surface area contributed by atoms with E-state index in [1.807, 2.05) is 19.0 Å². The largest absolute Gasteiger partial charge is 0.383 e. The fourth-order valence-electron chi connectivity index (χ4n) is 1.01. The molecule has 0 rings (SSSR count). The van der Waals surface area contributed by atoms with E-state index in [9.17, 15) is 4.79 Å². The molecule has 1 amide bonds. The van der Waals surface area contributed by atoms with Crippen molar-refractivity contribution in [3.8, 4) is 0 Å². The van der Waals surface area contributed by atoms with Crippen molar-refractivity contribution < 1.29 is 9.53 Å². The first-order valence-electron chi connectivity index (χ1n) is 5.28. The number of amides is 1. The van der Waals surface area contributed by atoms with Crippen LogP contribution in [-0.2, 0) is 9.53 Å². The fraction of sp³-hybridized carbons (Fsp3) is 0.900. The minimum Gasteiger partial charge on any atom is -0.383 e. The molecule has 0 aromatic heterocycles. The van der Waals surface area contributed by atoms with Gasteiger partial charge in [-0.1, -0.05) is 0 Å². The van der Waals surface area contributed by atoms with Crippen LogP contribution in [0.1, 0.15) is 6.42 Å². The van der Waals surface area contributed by atoms with Crippen LogP contribution in [-0.4, -0.2) is 64.8 Å². The molecule has 0 saturated heterocycles. The summed E-state index contributed by atoms with van der Waals surface area (Å²) in [7, 11) is 5.63. The highest BCUT2D eigenvalue weighted by Crippen LogP contribution is 1.78. The van der Waals surface area contributed by atoms with Gasteiger partial charge in [0.2, 0.25) is 5.91 Å². The predicted octanol–water partition coefficient (Wildman–Crippen LogP) is -0.710. The fourth-order valence-corrected chi connectivity index (χ4v) is 1.01. The van der Waals surface area contributed by atoms with Crippen LogP contribution < -0.4 is 10.6 Å². The van der Waals surface area contributed by atoms with Gasteiger partial charge in [-0.05, 0) is 14.1 Å². The van der Waals surface area contributed by atoms with Crippen LogP contribution in [0.3, 0.4) is 0 Å². The van der Waals surface area contributed by atoms with Gasteiger partial charge in [0.1, 0.15) is 0 Å². The summed E-state index contributed by atoms with van der Waals surface area (Å²) in [5.41, 5.74) is 0. The lowest BCUT2D eigenvalue weighted by Crippen LogP contribution is -2.33. The van der Waals surface area contributed by atoms with Crippen LogP contribution in [0.2, 0.25) is 0 Å². The smallest absolute Gasteiger partial charge is 0.221 e. The molecular weight excluding hydrogens is 194 g/mol. The van der Waals surface area contributed by atoms with Crippen LogP contribution in [0.5, 0.6) is 0 Å². The van der Waals surface area contributed by atoms with Gasteiger partial charge in [0.25, 0.3) is 0 Å². The maximum Gasteiger partial charge on any atom is 0.221 e. The zero-order valence-corrected chi connectivity index (χ0v) is 10.0. The molecule has 5 nitrogen and oxygen atoms in total. The van der Waals surface area contributed by atoms with Crippen molar-refractivity contribution in [3.05, 3.63) is 0 Å². The molecule has 0 heterocycles. The second kappa shape index (κ2) is 9.89. The van der Waals surface area contributed by atoms with Crippen LogP contribution >= 0.6 is 0 Å². The molecule has 0 aliphatic rings. The van der Waals surface area contributed by atoms with Crippen LogP contribution in [0.15, 0.2) is 0 Å². The Hall–Kier alpha value is -0.650. The van der Waals surface area contributed by atoms with E-state index in [1.165, 1.54) is 0 Å². The molecule has 0 atom stereocenters. The van der Waals surface area contributed by atoms with Gasteiger partial charge in [-0.25, -0.2) is 0 Å². The first kappa shape index (κ1) is 14.3. The van der Waals surface area contributed by atoms with E-state index < -0.39 is 0 Å². The molecule has 2 N–H and O–H groups in total. The maximum atomic E-state index is 11.3. The number of rotatable bonds is 9. The number of methoxy groups -OCH3 is 1. The lowest BCUT2D eigenvalue weighted by atomic mass is 10.4. The number of nitrogens with zero attached hydrogens (tertiary/aromatic N) is 1. The summed E-state index contributed by atoms with van der Waals surface area (Å²) in [5.74, 6) is 0.0989. The van der Waals surface area contributed by atoms with Gasteiger partial charge in [-0.2, -0.15) is 0 Å². The molecule has 0 fully saturated rings. The third-order valence-corrected chi connectivity index (χ3v) is 1.89. The Labute approximate surface area is 92.2 Å². The van der Waals surface area contributed by atoms with Crippen molar-refractivity contribution >= 4 is 5.91 Å². The average Bonchev–Trinajstić information content (AvgIpc) is 2.17. The summed E-state index contributed by atoms with van der Waals surface area (Å²) in [6.45, 7) is 3.77. The Morgan fingerprint density at radius 3 is 2.60 bits per heavy atom.